The fourth-order valence-corrected chi connectivity index (χ4v) is 3.26. The van der Waals surface area contributed by atoms with Crippen molar-refractivity contribution in [1.82, 2.24) is 29.4 Å². The van der Waals surface area contributed by atoms with Gasteiger partial charge in [0.05, 0.1) is 22.9 Å². The molecule has 3 aromatic heterocycles. The average Bonchev–Trinajstić information content (AvgIpc) is 3.14. The molecule has 5 aromatic rings. The summed E-state index contributed by atoms with van der Waals surface area (Å²) < 4.78 is 3.24. The van der Waals surface area contributed by atoms with Crippen LogP contribution in [0.2, 0.25) is 0 Å². The van der Waals surface area contributed by atoms with Crippen LogP contribution in [0.5, 0.6) is 0 Å². The van der Waals surface area contributed by atoms with E-state index in [2.05, 4.69) is 15.2 Å². The van der Waals surface area contributed by atoms with Crippen LogP contribution in [0.1, 0.15) is 11.4 Å². The molecule has 0 fully saturated rings. The minimum Gasteiger partial charge on any atom is -0.302 e. The number of hydrogen-bond donors (Lipinski definition) is 0. The number of fused-ring (bicyclic) bond motifs is 2. The summed E-state index contributed by atoms with van der Waals surface area (Å²) in [4.78, 5) is 16.7. The standard InChI is InChI=1S/C21H16N6O/c1-26-13-22-18-8-7-14(11-16(18)21(26)28)12-20-24-23-19-10-9-17(25-27(19)20)15-5-3-2-4-6-15/h2-11,13H,12H2,1H3. The Bertz CT molecular complexity index is 1370. The van der Waals surface area contributed by atoms with Crippen molar-refractivity contribution in [2.45, 2.75) is 6.42 Å². The summed E-state index contributed by atoms with van der Waals surface area (Å²) in [6, 6.07) is 19.5. The third kappa shape index (κ3) is 2.73. The van der Waals surface area contributed by atoms with E-state index in [1.54, 1.807) is 11.6 Å². The third-order valence-corrected chi connectivity index (χ3v) is 4.74. The smallest absolute Gasteiger partial charge is 0.260 e. The maximum absolute atomic E-state index is 12.4. The molecule has 0 unspecified atom stereocenters. The normalized spacial score (nSPS) is 11.3. The van der Waals surface area contributed by atoms with Gasteiger partial charge >= 0.3 is 0 Å². The Labute approximate surface area is 159 Å². The van der Waals surface area contributed by atoms with Gasteiger partial charge in [-0.2, -0.15) is 9.61 Å². The summed E-state index contributed by atoms with van der Waals surface area (Å²) in [5.74, 6) is 0.716. The molecule has 0 aliphatic rings. The van der Waals surface area contributed by atoms with E-state index >= 15 is 0 Å². The second-order valence-corrected chi connectivity index (χ2v) is 6.66. The van der Waals surface area contributed by atoms with E-state index in [4.69, 9.17) is 5.10 Å². The van der Waals surface area contributed by atoms with Crippen molar-refractivity contribution < 1.29 is 0 Å². The van der Waals surface area contributed by atoms with Crippen LogP contribution in [-0.2, 0) is 13.5 Å². The van der Waals surface area contributed by atoms with Crippen LogP contribution >= 0.6 is 0 Å². The Morgan fingerprint density at radius 1 is 0.964 bits per heavy atom. The van der Waals surface area contributed by atoms with Gasteiger partial charge in [-0.05, 0) is 29.8 Å². The number of aryl methyl sites for hydroxylation is 1. The van der Waals surface area contributed by atoms with Crippen molar-refractivity contribution in [3.63, 3.8) is 0 Å². The van der Waals surface area contributed by atoms with Gasteiger partial charge in [0.1, 0.15) is 0 Å². The van der Waals surface area contributed by atoms with Crippen molar-refractivity contribution >= 4 is 16.6 Å². The van der Waals surface area contributed by atoms with E-state index in [9.17, 15) is 4.79 Å². The molecule has 136 valence electrons. The minimum atomic E-state index is -0.0672. The zero-order chi connectivity index (χ0) is 19.1. The molecular weight excluding hydrogens is 352 g/mol. The van der Waals surface area contributed by atoms with Gasteiger partial charge < -0.3 is 4.57 Å². The van der Waals surface area contributed by atoms with Gasteiger partial charge in [0.25, 0.3) is 5.56 Å². The zero-order valence-electron chi connectivity index (χ0n) is 15.1. The van der Waals surface area contributed by atoms with Crippen molar-refractivity contribution in [3.05, 3.63) is 88.7 Å². The number of aromatic nitrogens is 6. The summed E-state index contributed by atoms with van der Waals surface area (Å²) in [7, 11) is 1.70. The highest BCUT2D eigenvalue weighted by Gasteiger charge is 2.11. The quantitative estimate of drug-likeness (QED) is 0.489. The van der Waals surface area contributed by atoms with Gasteiger partial charge in [-0.15, -0.1) is 10.2 Å². The van der Waals surface area contributed by atoms with Crippen LogP contribution in [0, 0.1) is 0 Å². The topological polar surface area (TPSA) is 78.0 Å². The maximum Gasteiger partial charge on any atom is 0.260 e. The second kappa shape index (κ2) is 6.38. The van der Waals surface area contributed by atoms with Gasteiger partial charge in [0.15, 0.2) is 11.5 Å². The summed E-state index contributed by atoms with van der Waals surface area (Å²) >= 11 is 0. The first-order chi connectivity index (χ1) is 13.7. The largest absolute Gasteiger partial charge is 0.302 e. The minimum absolute atomic E-state index is 0.0672. The molecule has 0 radical (unpaired) electrons. The molecule has 7 nitrogen and oxygen atoms in total. The predicted octanol–water partition coefficient (Wildman–Crippen LogP) is 2.63. The number of nitrogens with zero attached hydrogens (tertiary/aromatic N) is 6. The summed E-state index contributed by atoms with van der Waals surface area (Å²) in [6.45, 7) is 0. The Morgan fingerprint density at radius 3 is 2.68 bits per heavy atom. The lowest BCUT2D eigenvalue weighted by Gasteiger charge is -2.05. The van der Waals surface area contributed by atoms with Crippen LogP contribution < -0.4 is 5.56 Å². The lowest BCUT2D eigenvalue weighted by atomic mass is 10.1. The second-order valence-electron chi connectivity index (χ2n) is 6.66. The van der Waals surface area contributed by atoms with E-state index in [-0.39, 0.29) is 5.56 Å². The first-order valence-electron chi connectivity index (χ1n) is 8.90. The van der Waals surface area contributed by atoms with E-state index in [0.717, 1.165) is 16.8 Å². The van der Waals surface area contributed by atoms with E-state index in [0.29, 0.717) is 28.8 Å². The molecule has 2 aromatic carbocycles. The fraction of sp³-hybridized carbons (Fsp3) is 0.0952. The molecule has 0 atom stereocenters. The lowest BCUT2D eigenvalue weighted by Crippen LogP contribution is -2.17. The van der Waals surface area contributed by atoms with Crippen molar-refractivity contribution in [3.8, 4) is 11.3 Å². The molecule has 0 amide bonds. The van der Waals surface area contributed by atoms with Crippen LogP contribution in [-0.4, -0.2) is 29.4 Å². The molecule has 0 spiro atoms. The highest BCUT2D eigenvalue weighted by atomic mass is 16.1. The van der Waals surface area contributed by atoms with Crippen LogP contribution in [0.25, 0.3) is 27.8 Å². The third-order valence-electron chi connectivity index (χ3n) is 4.74. The Hall–Kier alpha value is -3.87. The molecule has 7 heteroatoms. The Kier molecular flexibility index (Phi) is 3.72. The zero-order valence-corrected chi connectivity index (χ0v) is 15.1. The average molecular weight is 368 g/mol. The molecule has 0 saturated heterocycles. The Morgan fingerprint density at radius 2 is 1.82 bits per heavy atom. The lowest BCUT2D eigenvalue weighted by molar-refractivity contribution is 0.836. The highest BCUT2D eigenvalue weighted by molar-refractivity contribution is 5.78. The summed E-state index contributed by atoms with van der Waals surface area (Å²) in [5, 5.41) is 13.8. The molecule has 0 aliphatic heterocycles. The molecule has 28 heavy (non-hydrogen) atoms. The van der Waals surface area contributed by atoms with E-state index in [1.165, 1.54) is 10.9 Å². The van der Waals surface area contributed by atoms with Gasteiger partial charge in [-0.3, -0.25) is 4.79 Å². The fourth-order valence-electron chi connectivity index (χ4n) is 3.26. The number of benzene rings is 2. The van der Waals surface area contributed by atoms with Gasteiger partial charge in [0, 0.05) is 19.0 Å². The van der Waals surface area contributed by atoms with Crippen molar-refractivity contribution in [2.75, 3.05) is 0 Å². The number of hydrogen-bond acceptors (Lipinski definition) is 5. The summed E-state index contributed by atoms with van der Waals surface area (Å²) in [6.07, 6.45) is 2.05. The van der Waals surface area contributed by atoms with E-state index < -0.39 is 0 Å². The van der Waals surface area contributed by atoms with Crippen LogP contribution in [0.15, 0.2) is 71.8 Å². The Balaban J connectivity index is 1.57. The summed E-state index contributed by atoms with van der Waals surface area (Å²) in [5.41, 5.74) is 4.15. The molecular formula is C21H16N6O. The number of rotatable bonds is 3. The maximum atomic E-state index is 12.4. The van der Waals surface area contributed by atoms with Crippen molar-refractivity contribution in [2.24, 2.45) is 7.05 Å². The molecule has 0 saturated carbocycles. The van der Waals surface area contributed by atoms with E-state index in [1.807, 2.05) is 60.7 Å². The molecule has 5 rings (SSSR count). The van der Waals surface area contributed by atoms with Gasteiger partial charge in [0.2, 0.25) is 0 Å². The SMILES string of the molecule is Cn1cnc2ccc(Cc3nnc4ccc(-c5ccccc5)nn34)cc2c1=O. The monoisotopic (exact) mass is 368 g/mol. The van der Waals surface area contributed by atoms with Crippen molar-refractivity contribution in [1.29, 1.82) is 0 Å². The van der Waals surface area contributed by atoms with Gasteiger partial charge in [-0.1, -0.05) is 36.4 Å². The van der Waals surface area contributed by atoms with Crippen LogP contribution in [0.3, 0.4) is 0 Å². The molecule has 0 bridgehead atoms. The predicted molar refractivity (Wildman–Crippen MR) is 106 cm³/mol. The first-order valence-corrected chi connectivity index (χ1v) is 8.90. The molecule has 0 N–H and O–H groups in total. The highest BCUT2D eigenvalue weighted by Crippen LogP contribution is 2.18. The van der Waals surface area contributed by atoms with Gasteiger partial charge in [-0.25, -0.2) is 4.98 Å². The van der Waals surface area contributed by atoms with Crippen LogP contribution in [0.4, 0.5) is 0 Å². The molecule has 0 aliphatic carbocycles. The first kappa shape index (κ1) is 16.3. The molecule has 3 heterocycles.